The van der Waals surface area contributed by atoms with Crippen LogP contribution in [0.5, 0.6) is 11.5 Å². The molecule has 2 aromatic heterocycles. The maximum absolute atomic E-state index is 14.1. The number of methoxy groups -OCH3 is 2. The second-order valence-electron chi connectivity index (χ2n) is 10.4. The Labute approximate surface area is 234 Å². The Kier molecular flexibility index (Phi) is 8.77. The van der Waals surface area contributed by atoms with Gasteiger partial charge in [-0.3, -0.25) is 9.59 Å². The molecule has 2 aromatic carbocycles. The van der Waals surface area contributed by atoms with Gasteiger partial charge in [0.15, 0.2) is 17.5 Å². The molecule has 10 nitrogen and oxygen atoms in total. The Bertz CT molecular complexity index is 1470. The summed E-state index contributed by atoms with van der Waals surface area (Å²) in [5, 5.41) is 11.6. The van der Waals surface area contributed by atoms with E-state index in [1.807, 2.05) is 93.2 Å². The first-order valence-electron chi connectivity index (χ1n) is 13.4. The smallest absolute Gasteiger partial charge is 0.249 e. The Morgan fingerprint density at radius 1 is 1.05 bits per heavy atom. The van der Waals surface area contributed by atoms with Gasteiger partial charge in [0.2, 0.25) is 11.8 Å². The van der Waals surface area contributed by atoms with Crippen LogP contribution in [0.15, 0.2) is 60.8 Å². The highest BCUT2D eigenvalue weighted by Gasteiger charge is 2.35. The molecule has 0 saturated carbocycles. The fraction of sp³-hybridized carbons (Fsp3) is 0.400. The lowest BCUT2D eigenvalue weighted by molar-refractivity contribution is -0.142. The lowest BCUT2D eigenvalue weighted by Crippen LogP contribution is -2.51. The van der Waals surface area contributed by atoms with Crippen molar-refractivity contribution in [3.05, 3.63) is 72.1 Å². The number of nitrogens with zero attached hydrogens (tertiary/aromatic N) is 5. The van der Waals surface area contributed by atoms with Gasteiger partial charge in [0.1, 0.15) is 12.1 Å². The largest absolute Gasteiger partial charge is 0.493 e. The monoisotopic (exact) mass is 546 g/mol. The fourth-order valence-electron chi connectivity index (χ4n) is 4.62. The molecule has 0 aliphatic rings. The van der Waals surface area contributed by atoms with Crippen LogP contribution in [0.1, 0.15) is 44.5 Å². The first-order chi connectivity index (χ1) is 19.2. The molecule has 40 heavy (non-hydrogen) atoms. The van der Waals surface area contributed by atoms with Crippen LogP contribution >= 0.6 is 0 Å². The number of nitrogens with one attached hydrogen (secondary N) is 1. The molecule has 0 bridgehead atoms. The quantitative estimate of drug-likeness (QED) is 0.289. The third-order valence-electron chi connectivity index (χ3n) is 7.28. The number of para-hydroxylation sites is 1. The average molecular weight is 547 g/mol. The maximum atomic E-state index is 14.1. The van der Waals surface area contributed by atoms with Gasteiger partial charge < -0.3 is 24.3 Å². The summed E-state index contributed by atoms with van der Waals surface area (Å²) < 4.78 is 14.3. The molecule has 212 valence electrons. The number of fused-ring (bicyclic) bond motifs is 1. The van der Waals surface area contributed by atoms with Crippen molar-refractivity contribution in [3.63, 3.8) is 0 Å². The number of amides is 2. The van der Waals surface area contributed by atoms with Crippen LogP contribution < -0.4 is 14.8 Å². The van der Waals surface area contributed by atoms with E-state index in [4.69, 9.17) is 9.47 Å². The van der Waals surface area contributed by atoms with Crippen LogP contribution in [-0.4, -0.2) is 62.6 Å². The van der Waals surface area contributed by atoms with E-state index in [9.17, 15) is 9.59 Å². The molecule has 0 saturated heterocycles. The van der Waals surface area contributed by atoms with Crippen LogP contribution in [0, 0.1) is 0 Å². The zero-order chi connectivity index (χ0) is 28.9. The molecule has 0 spiro atoms. The number of carbonyl (C=O) groups excluding carboxylic acids is 2. The number of carbonyl (C=O) groups is 2. The molecule has 1 atom stereocenters. The molecule has 0 fully saturated rings. The lowest BCUT2D eigenvalue weighted by Gasteiger charge is -2.34. The summed E-state index contributed by atoms with van der Waals surface area (Å²) >= 11 is 0. The Morgan fingerprint density at radius 3 is 2.48 bits per heavy atom. The molecular formula is C30H38N6O4. The summed E-state index contributed by atoms with van der Waals surface area (Å²) in [6, 6.07) is 16.1. The second-order valence-corrected chi connectivity index (χ2v) is 10.4. The van der Waals surface area contributed by atoms with Gasteiger partial charge in [0.25, 0.3) is 0 Å². The fourth-order valence-corrected chi connectivity index (χ4v) is 4.62. The van der Waals surface area contributed by atoms with Crippen molar-refractivity contribution in [1.29, 1.82) is 0 Å². The van der Waals surface area contributed by atoms with Crippen LogP contribution in [0.25, 0.3) is 11.0 Å². The number of aromatic nitrogens is 4. The van der Waals surface area contributed by atoms with Gasteiger partial charge in [-0.05, 0) is 68.7 Å². The van der Waals surface area contributed by atoms with Gasteiger partial charge in [0, 0.05) is 31.0 Å². The van der Waals surface area contributed by atoms with Crippen molar-refractivity contribution in [1.82, 2.24) is 29.8 Å². The van der Waals surface area contributed by atoms with E-state index < -0.39 is 11.6 Å². The number of hydrogen-bond acceptors (Lipinski definition) is 6. The number of benzene rings is 2. The minimum atomic E-state index is -0.853. The zero-order valence-electron chi connectivity index (χ0n) is 24.0. The molecule has 1 N–H and O–H groups in total. The SMILES string of the molecule is CCC(C)(C)NC(=O)C(c1cccn1C)N(CCc1ccc(OC)c(OC)c1)C(=O)Cn1nnc2ccccc21. The van der Waals surface area contributed by atoms with Gasteiger partial charge in [-0.25, -0.2) is 4.68 Å². The molecule has 0 radical (unpaired) electrons. The van der Waals surface area contributed by atoms with Crippen molar-refractivity contribution in [2.45, 2.75) is 51.7 Å². The van der Waals surface area contributed by atoms with Gasteiger partial charge in [0.05, 0.1) is 19.7 Å². The van der Waals surface area contributed by atoms with Gasteiger partial charge in [-0.15, -0.1) is 5.10 Å². The summed E-state index contributed by atoms with van der Waals surface area (Å²) in [4.78, 5) is 29.7. The van der Waals surface area contributed by atoms with Crippen molar-refractivity contribution < 1.29 is 19.1 Å². The Morgan fingerprint density at radius 2 is 1.80 bits per heavy atom. The Balaban J connectivity index is 1.72. The summed E-state index contributed by atoms with van der Waals surface area (Å²) in [7, 11) is 5.06. The number of ether oxygens (including phenoxy) is 2. The lowest BCUT2D eigenvalue weighted by atomic mass is 10.00. The topological polar surface area (TPSA) is 104 Å². The molecule has 4 rings (SSSR count). The predicted octanol–water partition coefficient (Wildman–Crippen LogP) is 3.90. The normalized spacial score (nSPS) is 12.2. The summed E-state index contributed by atoms with van der Waals surface area (Å²) in [6.07, 6.45) is 3.11. The second kappa shape index (κ2) is 12.2. The summed E-state index contributed by atoms with van der Waals surface area (Å²) in [6.45, 7) is 6.21. The molecule has 2 amide bonds. The Hall–Kier alpha value is -4.34. The highest BCUT2D eigenvalue weighted by molar-refractivity contribution is 5.89. The summed E-state index contributed by atoms with van der Waals surface area (Å²) in [5.41, 5.74) is 2.67. The number of aryl methyl sites for hydroxylation is 1. The van der Waals surface area contributed by atoms with Crippen molar-refractivity contribution in [2.24, 2.45) is 7.05 Å². The summed E-state index contributed by atoms with van der Waals surface area (Å²) in [5.74, 6) is 0.748. The molecule has 4 aromatic rings. The third kappa shape index (κ3) is 6.27. The van der Waals surface area contributed by atoms with Gasteiger partial charge >= 0.3 is 0 Å². The highest BCUT2D eigenvalue weighted by atomic mass is 16.5. The van der Waals surface area contributed by atoms with Crippen LogP contribution in [-0.2, 0) is 29.6 Å². The molecule has 2 heterocycles. The van der Waals surface area contributed by atoms with Crippen LogP contribution in [0.3, 0.4) is 0 Å². The van der Waals surface area contributed by atoms with E-state index in [1.54, 1.807) is 23.8 Å². The molecule has 0 aliphatic heterocycles. The third-order valence-corrected chi connectivity index (χ3v) is 7.28. The van der Waals surface area contributed by atoms with Gasteiger partial charge in [-0.2, -0.15) is 0 Å². The van der Waals surface area contributed by atoms with Crippen molar-refractivity contribution in [3.8, 4) is 11.5 Å². The predicted molar refractivity (Wildman–Crippen MR) is 153 cm³/mol. The maximum Gasteiger partial charge on any atom is 0.249 e. The first-order valence-corrected chi connectivity index (χ1v) is 13.4. The molecule has 0 aliphatic carbocycles. The highest BCUT2D eigenvalue weighted by Crippen LogP contribution is 2.29. The van der Waals surface area contributed by atoms with Gasteiger partial charge in [-0.1, -0.05) is 30.3 Å². The first kappa shape index (κ1) is 28.7. The van der Waals surface area contributed by atoms with E-state index in [2.05, 4.69) is 15.6 Å². The van der Waals surface area contributed by atoms with Crippen LogP contribution in [0.2, 0.25) is 0 Å². The van der Waals surface area contributed by atoms with E-state index in [1.165, 1.54) is 0 Å². The zero-order valence-corrected chi connectivity index (χ0v) is 24.0. The number of rotatable bonds is 12. The van der Waals surface area contributed by atoms with E-state index in [0.29, 0.717) is 29.1 Å². The van der Waals surface area contributed by atoms with Crippen LogP contribution in [0.4, 0.5) is 0 Å². The molecule has 10 heteroatoms. The van der Waals surface area contributed by atoms with Crippen molar-refractivity contribution in [2.75, 3.05) is 20.8 Å². The number of hydrogen-bond donors (Lipinski definition) is 1. The standard InChI is InChI=1S/C30H38N6O4/c1-7-30(2,3)31-29(38)28(24-13-10-17-34(24)4)35(18-16-21-14-15-25(39-5)26(19-21)40-6)27(37)20-36-23-12-9-8-11-22(23)32-33-36/h8-15,17,19,28H,7,16,18,20H2,1-6H3,(H,31,38). The van der Waals surface area contributed by atoms with Crippen molar-refractivity contribution >= 4 is 22.8 Å². The molecule has 1 unspecified atom stereocenters. The van der Waals surface area contributed by atoms with E-state index in [-0.39, 0.29) is 24.9 Å². The minimum Gasteiger partial charge on any atom is -0.493 e. The average Bonchev–Trinajstić information content (AvgIpc) is 3.56. The van der Waals surface area contributed by atoms with E-state index >= 15 is 0 Å². The minimum absolute atomic E-state index is 0.0577. The molecular weight excluding hydrogens is 508 g/mol. The van der Waals surface area contributed by atoms with E-state index in [0.717, 1.165) is 17.5 Å².